The fourth-order valence-corrected chi connectivity index (χ4v) is 4.72. The first-order chi connectivity index (χ1) is 17.2. The number of aromatic nitrogens is 1. The third-order valence-corrected chi connectivity index (χ3v) is 8.39. The van der Waals surface area contributed by atoms with Gasteiger partial charge in [-0.15, -0.1) is 29.7 Å². The molecule has 0 spiro atoms. The second-order valence-corrected chi connectivity index (χ2v) is 10.2. The zero-order valence-corrected chi connectivity index (χ0v) is 25.0. The molecule has 1 N–H and O–H groups in total. The van der Waals surface area contributed by atoms with Crippen molar-refractivity contribution in [2.45, 2.75) is 67.2 Å². The predicted octanol–water partition coefficient (Wildman–Crippen LogP) is 9.17. The second-order valence-electron chi connectivity index (χ2n) is 10.2. The molecule has 0 saturated heterocycles. The molecule has 0 aliphatic carbocycles. The van der Waals surface area contributed by atoms with E-state index in [2.05, 4.69) is 23.2 Å². The van der Waals surface area contributed by atoms with Crippen LogP contribution >= 0.6 is 0 Å². The summed E-state index contributed by atoms with van der Waals surface area (Å²) in [6.45, 7) is 12.1. The number of pyridine rings is 1. The molecule has 2 heterocycles. The van der Waals surface area contributed by atoms with E-state index in [1.165, 1.54) is 22.2 Å². The maximum Gasteiger partial charge on any atom is 0.164 e. The van der Waals surface area contributed by atoms with Crippen molar-refractivity contribution in [1.29, 1.82) is 0 Å². The second kappa shape index (κ2) is 11.3. The molecular weight excluding hydrogens is 639 g/mol. The van der Waals surface area contributed by atoms with E-state index in [9.17, 15) is 9.90 Å². The number of carbonyl (C=O) groups excluding carboxylic acids is 1. The molecule has 5 aromatic rings. The van der Waals surface area contributed by atoms with Crippen LogP contribution in [0.4, 0.5) is 0 Å². The maximum atomic E-state index is 12.2. The molecule has 37 heavy (non-hydrogen) atoms. The molecule has 0 aliphatic heterocycles. The Labute approximate surface area is 232 Å². The third kappa shape index (κ3) is 5.04. The van der Waals surface area contributed by atoms with Gasteiger partial charge in [0.05, 0.1) is 0 Å². The number of aliphatic hydroxyl groups excluding tert-OH is 1. The summed E-state index contributed by atoms with van der Waals surface area (Å²) in [5.41, 5.74) is 2.20. The van der Waals surface area contributed by atoms with Gasteiger partial charge >= 0.3 is 0 Å². The molecule has 0 fully saturated rings. The number of rotatable bonds is 7. The summed E-state index contributed by atoms with van der Waals surface area (Å²) in [4.78, 5) is 16.7. The molecule has 1 radical (unpaired) electrons. The van der Waals surface area contributed by atoms with Crippen LogP contribution in [0.5, 0.6) is 0 Å². The van der Waals surface area contributed by atoms with E-state index in [0.717, 1.165) is 53.1 Å². The maximum absolute atomic E-state index is 12.2. The quantitative estimate of drug-likeness (QED) is 0.0810. The normalized spacial score (nSPS) is 12.6. The molecule has 0 atom stereocenters. The number of fused-ring (bicyclic) bond motifs is 3. The van der Waals surface area contributed by atoms with Crippen molar-refractivity contribution in [2.24, 2.45) is 10.8 Å². The Balaban J connectivity index is 0.000000203. The number of hydrogen-bond acceptors (Lipinski definition) is 4. The van der Waals surface area contributed by atoms with Crippen molar-refractivity contribution >= 4 is 49.4 Å². The molecule has 0 saturated carbocycles. The molecule has 197 valence electrons. The van der Waals surface area contributed by atoms with Crippen LogP contribution in [0.25, 0.3) is 43.6 Å². The first kappa shape index (κ1) is 28.8. The predicted molar refractivity (Wildman–Crippen MR) is 150 cm³/mol. The standard InChI is InChI=1S/C17H8NO.C15H28O2.Ir/c1-2-5-12-10(4-1)11-6-3-7-13-15(11)16-14(19-13)8-9-18-17(12)16;1-7-14(5,8-2)12(16)11-13(17)15(6,9-3)10-4;/h1-4,6-9H;11,16H,7-10H2,1-6H3;/q-1;;/b;12-11-;. The molecule has 4 nitrogen and oxygen atoms in total. The smallest absolute Gasteiger partial charge is 0.164 e. The molecule has 0 bridgehead atoms. The van der Waals surface area contributed by atoms with Crippen LogP contribution in [0.3, 0.4) is 0 Å². The van der Waals surface area contributed by atoms with E-state index in [-0.39, 0.29) is 42.5 Å². The van der Waals surface area contributed by atoms with Gasteiger partial charge in [0, 0.05) is 59.5 Å². The number of carbonyl (C=O) groups is 1. The largest absolute Gasteiger partial charge is 0.512 e. The van der Waals surface area contributed by atoms with Crippen molar-refractivity contribution < 1.29 is 34.4 Å². The van der Waals surface area contributed by atoms with Crippen molar-refractivity contribution in [3.8, 4) is 0 Å². The van der Waals surface area contributed by atoms with Crippen LogP contribution in [0, 0.1) is 16.9 Å². The Morgan fingerprint density at radius 2 is 1.54 bits per heavy atom. The topological polar surface area (TPSA) is 63.3 Å². The Hall–Kier alpha value is -2.75. The molecule has 0 aliphatic rings. The molecule has 3 aromatic carbocycles. The van der Waals surface area contributed by atoms with Gasteiger partial charge in [-0.3, -0.25) is 4.79 Å². The Morgan fingerprint density at radius 3 is 2.19 bits per heavy atom. The zero-order valence-electron chi connectivity index (χ0n) is 22.6. The summed E-state index contributed by atoms with van der Waals surface area (Å²) in [6.07, 6.45) is 6.56. The summed E-state index contributed by atoms with van der Waals surface area (Å²) < 4.78 is 5.93. The monoisotopic (exact) mass is 675 g/mol. The number of benzene rings is 3. The van der Waals surface area contributed by atoms with Crippen molar-refractivity contribution in [2.75, 3.05) is 0 Å². The minimum atomic E-state index is -0.337. The van der Waals surface area contributed by atoms with Crippen LogP contribution < -0.4 is 0 Å². The Morgan fingerprint density at radius 1 is 0.919 bits per heavy atom. The fraction of sp³-hybridized carbons (Fsp3) is 0.375. The van der Waals surface area contributed by atoms with Gasteiger partial charge in [0.2, 0.25) is 0 Å². The van der Waals surface area contributed by atoms with Gasteiger partial charge in [-0.2, -0.15) is 0 Å². The van der Waals surface area contributed by atoms with Gasteiger partial charge in [0.1, 0.15) is 16.9 Å². The number of aliphatic hydroxyl groups is 1. The average molecular weight is 675 g/mol. The number of allylic oxidation sites excluding steroid dienone is 2. The zero-order chi connectivity index (χ0) is 26.1. The average Bonchev–Trinajstić information content (AvgIpc) is 3.31. The molecular formula is C32H36IrNO3-. The summed E-state index contributed by atoms with van der Waals surface area (Å²) in [5.74, 6) is 0.286. The molecule has 5 rings (SSSR count). The summed E-state index contributed by atoms with van der Waals surface area (Å²) in [7, 11) is 0. The Bertz CT molecular complexity index is 1460. The first-order valence-corrected chi connectivity index (χ1v) is 13.0. The van der Waals surface area contributed by atoms with Gasteiger partial charge in [-0.25, -0.2) is 0 Å². The van der Waals surface area contributed by atoms with E-state index in [4.69, 9.17) is 4.42 Å². The SMILES string of the molecule is CCC(C)(CC)C(=O)/C=C(\O)C(C)(CC)CC.[Ir].[c-]1cccc2c1c1nccc3oc4cccc2c4c31. The molecule has 0 unspecified atom stereocenters. The molecule has 0 amide bonds. The van der Waals surface area contributed by atoms with E-state index in [1.807, 2.05) is 71.9 Å². The third-order valence-electron chi connectivity index (χ3n) is 8.39. The van der Waals surface area contributed by atoms with Crippen molar-refractivity contribution in [3.63, 3.8) is 0 Å². The number of nitrogens with zero attached hydrogens (tertiary/aromatic N) is 1. The van der Waals surface area contributed by atoms with E-state index < -0.39 is 0 Å². The van der Waals surface area contributed by atoms with E-state index >= 15 is 0 Å². The minimum Gasteiger partial charge on any atom is -0.512 e. The summed E-state index contributed by atoms with van der Waals surface area (Å²) >= 11 is 0. The Kier molecular flexibility index (Phi) is 8.82. The van der Waals surface area contributed by atoms with Gasteiger partial charge in [0.15, 0.2) is 5.78 Å². The number of hydrogen-bond donors (Lipinski definition) is 1. The minimum absolute atomic E-state index is 0. The van der Waals surface area contributed by atoms with Gasteiger partial charge in [0.25, 0.3) is 0 Å². The fourth-order valence-electron chi connectivity index (χ4n) is 4.72. The van der Waals surface area contributed by atoms with Gasteiger partial charge < -0.3 is 14.5 Å². The van der Waals surface area contributed by atoms with Crippen molar-refractivity contribution in [1.82, 2.24) is 4.98 Å². The van der Waals surface area contributed by atoms with Crippen LogP contribution in [0.15, 0.2) is 64.9 Å². The van der Waals surface area contributed by atoms with Gasteiger partial charge in [-0.05, 0) is 43.2 Å². The summed E-state index contributed by atoms with van der Waals surface area (Å²) in [6, 6.07) is 17.5. The number of ketones is 1. The van der Waals surface area contributed by atoms with Crippen LogP contribution in [0.2, 0.25) is 0 Å². The molecule has 2 aromatic heterocycles. The number of furan rings is 1. The van der Waals surface area contributed by atoms with E-state index in [1.54, 1.807) is 6.20 Å². The van der Waals surface area contributed by atoms with Crippen LogP contribution in [-0.2, 0) is 24.9 Å². The van der Waals surface area contributed by atoms with Gasteiger partial charge in [-0.1, -0.05) is 59.1 Å². The van der Waals surface area contributed by atoms with Crippen LogP contribution in [-0.4, -0.2) is 15.9 Å². The molecule has 5 heteroatoms. The van der Waals surface area contributed by atoms with Crippen molar-refractivity contribution in [3.05, 3.63) is 66.6 Å². The first-order valence-electron chi connectivity index (χ1n) is 13.0. The van der Waals surface area contributed by atoms with E-state index in [0.29, 0.717) is 0 Å². The van der Waals surface area contributed by atoms with Crippen LogP contribution in [0.1, 0.15) is 67.2 Å². The summed E-state index contributed by atoms with van der Waals surface area (Å²) in [5, 5.41) is 15.9.